The summed E-state index contributed by atoms with van der Waals surface area (Å²) in [6.45, 7) is 2.07. The van der Waals surface area contributed by atoms with Crippen LogP contribution in [0, 0.1) is 10.5 Å². The quantitative estimate of drug-likeness (QED) is 0.666. The number of aryl methyl sites for hydroxylation is 1. The van der Waals surface area contributed by atoms with Gasteiger partial charge < -0.3 is 0 Å². The molecule has 0 aromatic heterocycles. The molecule has 0 aliphatic carbocycles. The van der Waals surface area contributed by atoms with Crippen molar-refractivity contribution in [2.45, 2.75) is 18.2 Å². The minimum Gasteiger partial charge on any atom is -0.269 e. The number of rotatable bonds is 3. The number of sulfonamides is 1. The van der Waals surface area contributed by atoms with E-state index in [-0.39, 0.29) is 11.4 Å². The summed E-state index contributed by atoms with van der Waals surface area (Å²) in [7, 11) is -3.81. The van der Waals surface area contributed by atoms with Crippen molar-refractivity contribution in [2.75, 3.05) is 6.54 Å². The van der Waals surface area contributed by atoms with Crippen molar-refractivity contribution in [1.29, 1.82) is 0 Å². The second kappa shape index (κ2) is 6.68. The van der Waals surface area contributed by atoms with Gasteiger partial charge in [-0.25, -0.2) is 12.7 Å². The van der Waals surface area contributed by atoms with Crippen molar-refractivity contribution >= 4 is 38.5 Å². The summed E-state index contributed by atoms with van der Waals surface area (Å²) in [5.74, 6) is -0.486. The highest BCUT2D eigenvalue weighted by Gasteiger charge is 2.29. The minimum atomic E-state index is -3.81. The summed E-state index contributed by atoms with van der Waals surface area (Å²) >= 11 is 2.24. The van der Waals surface area contributed by atoms with Gasteiger partial charge in [-0.1, -0.05) is 24.3 Å². The molecule has 1 amide bonds. The lowest BCUT2D eigenvalue weighted by Gasteiger charge is -2.23. The first-order chi connectivity index (χ1) is 11.4. The Morgan fingerprint density at radius 2 is 1.79 bits per heavy atom. The molecule has 124 valence electrons. The summed E-state index contributed by atoms with van der Waals surface area (Å²) in [4.78, 5) is 12.0. The maximum atomic E-state index is 12.7. The van der Waals surface area contributed by atoms with Gasteiger partial charge in [0, 0.05) is 16.2 Å². The molecule has 0 fully saturated rings. The van der Waals surface area contributed by atoms with Gasteiger partial charge >= 0.3 is 0 Å². The van der Waals surface area contributed by atoms with Gasteiger partial charge in [0.2, 0.25) is 0 Å². The van der Waals surface area contributed by atoms with Crippen LogP contribution in [0.2, 0.25) is 0 Å². The predicted octanol–water partition coefficient (Wildman–Crippen LogP) is 3.74. The highest BCUT2D eigenvalue weighted by molar-refractivity contribution is 14.1. The Morgan fingerprint density at radius 1 is 1.08 bits per heavy atom. The van der Waals surface area contributed by atoms with Crippen molar-refractivity contribution in [3.8, 4) is 11.1 Å². The molecule has 3 rings (SSSR count). The molecule has 1 aliphatic heterocycles. The van der Waals surface area contributed by atoms with Gasteiger partial charge in [-0.15, -0.1) is 0 Å². The van der Waals surface area contributed by atoms with E-state index in [4.69, 9.17) is 0 Å². The fourth-order valence-corrected chi connectivity index (χ4v) is 4.51. The smallest absolute Gasteiger partial charge is 0.266 e. The van der Waals surface area contributed by atoms with Crippen LogP contribution >= 0.6 is 22.6 Å². The van der Waals surface area contributed by atoms with E-state index in [1.807, 2.05) is 31.2 Å². The molecule has 4 nitrogen and oxygen atoms in total. The zero-order chi connectivity index (χ0) is 17.3. The number of carbonyl (C=O) groups is 1. The lowest BCUT2D eigenvalue weighted by molar-refractivity contribution is -0.121. The van der Waals surface area contributed by atoms with Gasteiger partial charge in [-0.2, -0.15) is 0 Å². The Labute approximate surface area is 155 Å². The highest BCUT2D eigenvalue weighted by atomic mass is 127. The highest BCUT2D eigenvalue weighted by Crippen LogP contribution is 2.28. The van der Waals surface area contributed by atoms with E-state index in [1.165, 1.54) is 6.08 Å². The van der Waals surface area contributed by atoms with Crippen LogP contribution in [0.1, 0.15) is 12.0 Å². The monoisotopic (exact) mass is 453 g/mol. The van der Waals surface area contributed by atoms with E-state index in [9.17, 15) is 13.2 Å². The van der Waals surface area contributed by atoms with Crippen LogP contribution in [-0.2, 0) is 14.8 Å². The average molecular weight is 453 g/mol. The third-order valence-electron chi connectivity index (χ3n) is 3.95. The molecule has 0 N–H and O–H groups in total. The molecule has 0 saturated heterocycles. The number of amides is 1. The van der Waals surface area contributed by atoms with Crippen LogP contribution < -0.4 is 0 Å². The number of benzene rings is 2. The number of halogens is 1. The fourth-order valence-electron chi connectivity index (χ4n) is 2.69. The molecule has 0 unspecified atom stereocenters. The Kier molecular flexibility index (Phi) is 4.78. The Balaban J connectivity index is 1.99. The third-order valence-corrected chi connectivity index (χ3v) is 6.46. The van der Waals surface area contributed by atoms with Gasteiger partial charge in [0.1, 0.15) is 0 Å². The van der Waals surface area contributed by atoms with Crippen LogP contribution in [0.15, 0.2) is 59.5 Å². The molecule has 6 heteroatoms. The number of hydrogen-bond donors (Lipinski definition) is 0. The molecule has 0 spiro atoms. The van der Waals surface area contributed by atoms with E-state index < -0.39 is 15.9 Å². The second-order valence-corrected chi connectivity index (χ2v) is 8.70. The number of hydrogen-bond acceptors (Lipinski definition) is 3. The molecule has 0 bridgehead atoms. The van der Waals surface area contributed by atoms with Crippen LogP contribution in [0.5, 0.6) is 0 Å². The lowest BCUT2D eigenvalue weighted by Crippen LogP contribution is -2.38. The predicted molar refractivity (Wildman–Crippen MR) is 102 cm³/mol. The van der Waals surface area contributed by atoms with Gasteiger partial charge in [-0.3, -0.25) is 4.79 Å². The van der Waals surface area contributed by atoms with Gasteiger partial charge in [0.25, 0.3) is 15.9 Å². The summed E-state index contributed by atoms with van der Waals surface area (Å²) < 4.78 is 27.5. The zero-order valence-electron chi connectivity index (χ0n) is 13.1. The maximum Gasteiger partial charge on any atom is 0.266 e. The van der Waals surface area contributed by atoms with Crippen molar-refractivity contribution < 1.29 is 13.2 Å². The van der Waals surface area contributed by atoms with Gasteiger partial charge in [0.05, 0.1) is 4.90 Å². The van der Waals surface area contributed by atoms with E-state index in [2.05, 4.69) is 22.6 Å². The maximum absolute atomic E-state index is 12.7. The molecule has 2 aromatic carbocycles. The molecular weight excluding hydrogens is 437 g/mol. The molecule has 0 radical (unpaired) electrons. The first-order valence-corrected chi connectivity index (χ1v) is 10.0. The first kappa shape index (κ1) is 17.2. The SMILES string of the molecule is Cc1cc(S(=O)(=O)N2CCC=CC2=O)ccc1-c1ccc(I)cc1. The second-order valence-electron chi connectivity index (χ2n) is 5.59. The van der Waals surface area contributed by atoms with Crippen LogP contribution in [0.3, 0.4) is 0 Å². The van der Waals surface area contributed by atoms with Crippen molar-refractivity contribution in [3.05, 3.63) is 63.8 Å². The summed E-state index contributed by atoms with van der Waals surface area (Å²) in [6.07, 6.45) is 3.55. The molecule has 2 aromatic rings. The summed E-state index contributed by atoms with van der Waals surface area (Å²) in [5, 5.41) is 0. The van der Waals surface area contributed by atoms with E-state index in [1.54, 1.807) is 24.3 Å². The van der Waals surface area contributed by atoms with Crippen LogP contribution in [0.4, 0.5) is 0 Å². The topological polar surface area (TPSA) is 54.5 Å². The fraction of sp³-hybridized carbons (Fsp3) is 0.167. The molecule has 0 saturated carbocycles. The van der Waals surface area contributed by atoms with E-state index in [0.717, 1.165) is 24.6 Å². The van der Waals surface area contributed by atoms with E-state index >= 15 is 0 Å². The zero-order valence-corrected chi connectivity index (χ0v) is 16.0. The number of nitrogens with zero attached hydrogens (tertiary/aromatic N) is 1. The molecule has 0 atom stereocenters. The minimum absolute atomic E-state index is 0.151. The standard InChI is InChI=1S/C18H16INO3S/c1-13-12-16(24(22,23)20-11-3-2-4-18(20)21)9-10-17(13)14-5-7-15(19)8-6-14/h2,4-10,12H,3,11H2,1H3. The number of carbonyl (C=O) groups excluding carboxylic acids is 1. The van der Waals surface area contributed by atoms with Crippen molar-refractivity contribution in [2.24, 2.45) is 0 Å². The third kappa shape index (κ3) is 3.25. The van der Waals surface area contributed by atoms with Gasteiger partial charge in [-0.05, 0) is 76.9 Å². The Morgan fingerprint density at radius 3 is 2.42 bits per heavy atom. The molecule has 1 aliphatic rings. The van der Waals surface area contributed by atoms with Crippen molar-refractivity contribution in [1.82, 2.24) is 4.31 Å². The van der Waals surface area contributed by atoms with Crippen molar-refractivity contribution in [3.63, 3.8) is 0 Å². The van der Waals surface area contributed by atoms with Gasteiger partial charge in [0.15, 0.2) is 0 Å². The normalized spacial score (nSPS) is 14.9. The average Bonchev–Trinajstić information content (AvgIpc) is 2.56. The lowest BCUT2D eigenvalue weighted by atomic mass is 10.0. The first-order valence-electron chi connectivity index (χ1n) is 7.49. The summed E-state index contributed by atoms with van der Waals surface area (Å²) in [5.41, 5.74) is 2.88. The molecule has 1 heterocycles. The Hall–Kier alpha value is -1.67. The Bertz CT molecular complexity index is 918. The van der Waals surface area contributed by atoms with Crippen LogP contribution in [0.25, 0.3) is 11.1 Å². The van der Waals surface area contributed by atoms with E-state index in [0.29, 0.717) is 6.42 Å². The summed E-state index contributed by atoms with van der Waals surface area (Å²) in [6, 6.07) is 13.1. The molecular formula is C18H16INO3S. The van der Waals surface area contributed by atoms with Crippen LogP contribution in [-0.4, -0.2) is 25.2 Å². The molecule has 24 heavy (non-hydrogen) atoms. The largest absolute Gasteiger partial charge is 0.269 e.